The van der Waals surface area contributed by atoms with Crippen LogP contribution in [0.2, 0.25) is 5.02 Å². The second-order valence-corrected chi connectivity index (χ2v) is 3.49. The number of carbonyl (C=O) groups excluding carboxylic acids is 1. The lowest BCUT2D eigenvalue weighted by Crippen LogP contribution is -2.12. The second kappa shape index (κ2) is 4.40. The first-order valence-corrected chi connectivity index (χ1v) is 5.14. The van der Waals surface area contributed by atoms with Crippen molar-refractivity contribution in [2.75, 3.05) is 0 Å². The largest absolute Gasteiger partial charge is 0.285 e. The summed E-state index contributed by atoms with van der Waals surface area (Å²) in [6.07, 6.45) is 4.30. The van der Waals surface area contributed by atoms with Gasteiger partial charge < -0.3 is 0 Å². The third kappa shape index (κ3) is 1.81. The highest BCUT2D eigenvalue weighted by Crippen LogP contribution is 2.17. The molecule has 0 bridgehead atoms. The van der Waals surface area contributed by atoms with Gasteiger partial charge in [0.2, 0.25) is 5.78 Å². The fourth-order valence-electron chi connectivity index (χ4n) is 1.37. The van der Waals surface area contributed by atoms with Gasteiger partial charge in [0.15, 0.2) is 0 Å². The molecule has 16 heavy (non-hydrogen) atoms. The number of aryl methyl sites for hydroxylation is 1. The SMILES string of the molecule is CCn1ncc(Cl)c1C(=O)c1ccncn1. The molecule has 0 amide bonds. The number of hydrogen-bond acceptors (Lipinski definition) is 4. The van der Waals surface area contributed by atoms with Gasteiger partial charge in [-0.2, -0.15) is 5.10 Å². The van der Waals surface area contributed by atoms with Gasteiger partial charge in [0.1, 0.15) is 17.7 Å². The van der Waals surface area contributed by atoms with Crippen LogP contribution in [0.1, 0.15) is 23.1 Å². The van der Waals surface area contributed by atoms with Crippen molar-refractivity contribution in [1.82, 2.24) is 19.7 Å². The average molecular weight is 237 g/mol. The van der Waals surface area contributed by atoms with Crippen LogP contribution in [0.5, 0.6) is 0 Å². The predicted octanol–water partition coefficient (Wildman–Crippen LogP) is 1.58. The third-order valence-electron chi connectivity index (χ3n) is 2.12. The van der Waals surface area contributed by atoms with Gasteiger partial charge in [-0.3, -0.25) is 9.48 Å². The van der Waals surface area contributed by atoms with E-state index < -0.39 is 0 Å². The van der Waals surface area contributed by atoms with E-state index in [9.17, 15) is 4.79 Å². The molecule has 6 heteroatoms. The zero-order valence-corrected chi connectivity index (χ0v) is 9.35. The molecule has 2 rings (SSSR count). The number of hydrogen-bond donors (Lipinski definition) is 0. The Bertz CT molecular complexity index is 509. The molecule has 0 N–H and O–H groups in total. The number of rotatable bonds is 3. The van der Waals surface area contributed by atoms with E-state index in [1.165, 1.54) is 18.7 Å². The fraction of sp³-hybridized carbons (Fsp3) is 0.200. The quantitative estimate of drug-likeness (QED) is 0.759. The Morgan fingerprint density at radius 1 is 1.56 bits per heavy atom. The minimum Gasteiger partial charge on any atom is -0.285 e. The van der Waals surface area contributed by atoms with E-state index in [0.29, 0.717) is 23.0 Å². The minimum atomic E-state index is -0.244. The van der Waals surface area contributed by atoms with Crippen LogP contribution >= 0.6 is 11.6 Å². The van der Waals surface area contributed by atoms with Gasteiger partial charge in [-0.15, -0.1) is 0 Å². The topological polar surface area (TPSA) is 60.7 Å². The van der Waals surface area contributed by atoms with E-state index in [2.05, 4.69) is 15.1 Å². The second-order valence-electron chi connectivity index (χ2n) is 3.08. The Hall–Kier alpha value is -1.75. The molecule has 0 saturated carbocycles. The highest BCUT2D eigenvalue weighted by atomic mass is 35.5. The smallest absolute Gasteiger partial charge is 0.230 e. The lowest BCUT2D eigenvalue weighted by molar-refractivity contribution is 0.102. The molecule has 0 spiro atoms. The van der Waals surface area contributed by atoms with Crippen molar-refractivity contribution in [1.29, 1.82) is 0 Å². The molecule has 0 aliphatic heterocycles. The van der Waals surface area contributed by atoms with Crippen LogP contribution in [0.3, 0.4) is 0 Å². The molecule has 0 aliphatic carbocycles. The highest BCUT2D eigenvalue weighted by Gasteiger charge is 2.19. The predicted molar refractivity (Wildman–Crippen MR) is 58.4 cm³/mol. The number of ketones is 1. The molecular weight excluding hydrogens is 228 g/mol. The third-order valence-corrected chi connectivity index (χ3v) is 2.40. The van der Waals surface area contributed by atoms with Gasteiger partial charge in [0.05, 0.1) is 11.2 Å². The number of carbonyl (C=O) groups is 1. The summed E-state index contributed by atoms with van der Waals surface area (Å²) >= 11 is 5.92. The number of halogens is 1. The summed E-state index contributed by atoms with van der Waals surface area (Å²) in [4.78, 5) is 19.7. The van der Waals surface area contributed by atoms with Crippen molar-refractivity contribution in [2.45, 2.75) is 13.5 Å². The van der Waals surface area contributed by atoms with Crippen molar-refractivity contribution < 1.29 is 4.79 Å². The van der Waals surface area contributed by atoms with Crippen molar-refractivity contribution in [3.8, 4) is 0 Å². The molecule has 0 aliphatic rings. The number of nitrogens with zero attached hydrogens (tertiary/aromatic N) is 4. The van der Waals surface area contributed by atoms with E-state index in [-0.39, 0.29) is 5.78 Å². The van der Waals surface area contributed by atoms with Gasteiger partial charge >= 0.3 is 0 Å². The van der Waals surface area contributed by atoms with Gasteiger partial charge in [-0.25, -0.2) is 9.97 Å². The van der Waals surface area contributed by atoms with Crippen molar-refractivity contribution in [2.24, 2.45) is 0 Å². The fourth-order valence-corrected chi connectivity index (χ4v) is 1.60. The van der Waals surface area contributed by atoms with Gasteiger partial charge in [-0.05, 0) is 13.0 Å². The lowest BCUT2D eigenvalue weighted by Gasteiger charge is -2.03. The Kier molecular flexibility index (Phi) is 2.96. The molecule has 5 nitrogen and oxygen atoms in total. The van der Waals surface area contributed by atoms with E-state index in [1.807, 2.05) is 6.92 Å². The molecule has 2 aromatic heterocycles. The first-order valence-electron chi connectivity index (χ1n) is 4.76. The van der Waals surface area contributed by atoms with Gasteiger partial charge in [0, 0.05) is 12.7 Å². The van der Waals surface area contributed by atoms with Crippen molar-refractivity contribution >= 4 is 17.4 Å². The number of aromatic nitrogens is 4. The summed E-state index contributed by atoms with van der Waals surface area (Å²) in [6, 6.07) is 1.55. The van der Waals surface area contributed by atoms with Crippen LogP contribution in [-0.4, -0.2) is 25.5 Å². The Morgan fingerprint density at radius 3 is 3.00 bits per heavy atom. The maximum atomic E-state index is 12.1. The molecule has 0 unspecified atom stereocenters. The van der Waals surface area contributed by atoms with Crippen LogP contribution < -0.4 is 0 Å². The zero-order valence-electron chi connectivity index (χ0n) is 8.59. The molecule has 2 aromatic rings. The molecule has 0 fully saturated rings. The first-order chi connectivity index (χ1) is 7.74. The Morgan fingerprint density at radius 2 is 2.38 bits per heavy atom. The van der Waals surface area contributed by atoms with E-state index in [4.69, 9.17) is 11.6 Å². The van der Waals surface area contributed by atoms with Crippen LogP contribution in [0, 0.1) is 0 Å². The standard InChI is InChI=1S/C10H9ClN4O/c1-2-15-9(7(11)5-14-15)10(16)8-3-4-12-6-13-8/h3-6H,2H2,1H3. The van der Waals surface area contributed by atoms with Crippen LogP contribution in [0.4, 0.5) is 0 Å². The molecule has 0 radical (unpaired) electrons. The lowest BCUT2D eigenvalue weighted by atomic mass is 10.2. The van der Waals surface area contributed by atoms with E-state index >= 15 is 0 Å². The summed E-state index contributed by atoms with van der Waals surface area (Å²) in [5.74, 6) is -0.244. The summed E-state index contributed by atoms with van der Waals surface area (Å²) in [6.45, 7) is 2.47. The van der Waals surface area contributed by atoms with Crippen LogP contribution in [-0.2, 0) is 6.54 Å². The average Bonchev–Trinajstić information content (AvgIpc) is 2.70. The van der Waals surface area contributed by atoms with Gasteiger partial charge in [-0.1, -0.05) is 11.6 Å². The summed E-state index contributed by atoms with van der Waals surface area (Å²) < 4.78 is 1.55. The summed E-state index contributed by atoms with van der Waals surface area (Å²) in [5.41, 5.74) is 0.676. The molecule has 2 heterocycles. The van der Waals surface area contributed by atoms with Gasteiger partial charge in [0.25, 0.3) is 0 Å². The Balaban J connectivity index is 2.45. The van der Waals surface area contributed by atoms with E-state index in [1.54, 1.807) is 10.7 Å². The highest BCUT2D eigenvalue weighted by molar-refractivity contribution is 6.34. The first kappa shape index (κ1) is 10.8. The normalized spacial score (nSPS) is 10.4. The Labute approximate surface area is 97.1 Å². The summed E-state index contributed by atoms with van der Waals surface area (Å²) in [7, 11) is 0. The maximum Gasteiger partial charge on any atom is 0.230 e. The van der Waals surface area contributed by atoms with Crippen LogP contribution in [0.25, 0.3) is 0 Å². The van der Waals surface area contributed by atoms with Crippen LogP contribution in [0.15, 0.2) is 24.8 Å². The van der Waals surface area contributed by atoms with Crippen molar-refractivity contribution in [3.05, 3.63) is 41.2 Å². The molecule has 82 valence electrons. The van der Waals surface area contributed by atoms with Crippen molar-refractivity contribution in [3.63, 3.8) is 0 Å². The zero-order chi connectivity index (χ0) is 11.5. The maximum absolute atomic E-state index is 12.1. The molecule has 0 atom stereocenters. The molecular formula is C10H9ClN4O. The minimum absolute atomic E-state index is 0.244. The molecule has 0 saturated heterocycles. The van der Waals surface area contributed by atoms with E-state index in [0.717, 1.165) is 0 Å². The molecule has 0 aromatic carbocycles. The monoisotopic (exact) mass is 236 g/mol. The summed E-state index contributed by atoms with van der Waals surface area (Å²) in [5, 5.41) is 4.34.